The molecule has 7 heteroatoms. The van der Waals surface area contributed by atoms with Gasteiger partial charge in [0.2, 0.25) is 0 Å². The first-order valence-electron chi connectivity index (χ1n) is 12.6. The topological polar surface area (TPSA) is 71.0 Å². The largest absolute Gasteiger partial charge is 0.504 e. The molecule has 0 radical (unpaired) electrons. The van der Waals surface area contributed by atoms with Crippen molar-refractivity contribution in [2.75, 3.05) is 25.5 Å². The van der Waals surface area contributed by atoms with Crippen molar-refractivity contribution in [2.24, 2.45) is 0 Å². The van der Waals surface area contributed by atoms with Crippen LogP contribution in [0.25, 0.3) is 28.5 Å². The van der Waals surface area contributed by atoms with Crippen molar-refractivity contribution < 1.29 is 19.4 Å². The number of allylic oxidation sites excluding steroid dienone is 1. The number of nitrogens with zero attached hydrogens (tertiary/aromatic N) is 1. The van der Waals surface area contributed by atoms with Gasteiger partial charge in [-0.25, -0.2) is 0 Å². The van der Waals surface area contributed by atoms with E-state index in [2.05, 4.69) is 44.3 Å². The maximum absolute atomic E-state index is 13.3. The Balaban J connectivity index is 1.58. The number of benzene rings is 2. The molecule has 6 nitrogen and oxygen atoms in total. The summed E-state index contributed by atoms with van der Waals surface area (Å²) in [7, 11) is 1.55. The summed E-state index contributed by atoms with van der Waals surface area (Å²) < 4.78 is 12.2. The number of carbonyl (C=O) groups excluding carboxylic acids is 1. The molecule has 2 aromatic carbocycles. The van der Waals surface area contributed by atoms with Crippen LogP contribution in [-0.4, -0.2) is 41.7 Å². The fourth-order valence-electron chi connectivity index (χ4n) is 5.77. The lowest BCUT2D eigenvalue weighted by atomic mass is 9.83. The summed E-state index contributed by atoms with van der Waals surface area (Å²) in [5, 5.41) is 16.2. The maximum atomic E-state index is 13.3. The molecule has 3 aliphatic heterocycles. The van der Waals surface area contributed by atoms with Crippen molar-refractivity contribution in [3.05, 3.63) is 63.4 Å². The smallest absolute Gasteiger partial charge is 0.255 e. The van der Waals surface area contributed by atoms with E-state index >= 15 is 0 Å². The molecule has 0 atom stereocenters. The number of rotatable bonds is 3. The van der Waals surface area contributed by atoms with Gasteiger partial charge in [0.1, 0.15) is 11.5 Å². The lowest BCUT2D eigenvalue weighted by molar-refractivity contribution is 0.0793. The Morgan fingerprint density at radius 1 is 1.14 bits per heavy atom. The average Bonchev–Trinajstić information content (AvgIpc) is 3.55. The second kappa shape index (κ2) is 8.70. The maximum Gasteiger partial charge on any atom is 0.255 e. The number of hydrogen-bond acceptors (Lipinski definition) is 6. The fourth-order valence-corrected chi connectivity index (χ4v) is 6.58. The molecule has 1 amide bonds. The minimum atomic E-state index is -0.193. The van der Waals surface area contributed by atoms with E-state index in [1.165, 1.54) is 11.3 Å². The Morgan fingerprint density at radius 2 is 1.92 bits per heavy atom. The Bertz CT molecular complexity index is 1490. The highest BCUT2D eigenvalue weighted by atomic mass is 32.1. The number of nitrogens with one attached hydrogen (secondary N) is 1. The number of aromatic hydroxyl groups is 1. The van der Waals surface area contributed by atoms with E-state index in [0.29, 0.717) is 22.8 Å². The monoisotopic (exact) mass is 514 g/mol. The van der Waals surface area contributed by atoms with Gasteiger partial charge in [-0.15, -0.1) is 11.3 Å². The van der Waals surface area contributed by atoms with Crippen molar-refractivity contribution in [1.29, 1.82) is 0 Å². The molecule has 190 valence electrons. The predicted octanol–water partition coefficient (Wildman–Crippen LogP) is 6.86. The zero-order valence-corrected chi connectivity index (χ0v) is 22.3. The molecule has 0 saturated carbocycles. The summed E-state index contributed by atoms with van der Waals surface area (Å²) in [4.78, 5) is 16.1. The standard InChI is InChI=1S/C30H30N2O4S/c1-17-16-30(2,3)31-20-8-7-19-26(25(17)20)23(36-22-10-9-21(33)28(35-4)27(19)22)15-24-18(11-14-37-24)29(34)32-12-5-6-13-32/h7-11,14-16,31,33H,5-6,12-13H2,1-4H3. The molecule has 3 aromatic rings. The van der Waals surface area contributed by atoms with E-state index in [0.717, 1.165) is 64.3 Å². The molecule has 6 rings (SSSR count). The van der Waals surface area contributed by atoms with Gasteiger partial charge in [-0.3, -0.25) is 4.79 Å². The van der Waals surface area contributed by atoms with Crippen molar-refractivity contribution in [2.45, 2.75) is 39.2 Å². The Kier molecular flexibility index (Phi) is 5.57. The predicted molar refractivity (Wildman–Crippen MR) is 149 cm³/mol. The first kappa shape index (κ1) is 23.7. The number of hydrogen-bond donors (Lipinski definition) is 2. The van der Waals surface area contributed by atoms with Gasteiger partial charge >= 0.3 is 0 Å². The average molecular weight is 515 g/mol. The van der Waals surface area contributed by atoms with Crippen molar-refractivity contribution in [3.8, 4) is 28.4 Å². The van der Waals surface area contributed by atoms with E-state index in [1.807, 2.05) is 22.4 Å². The normalized spacial score (nSPS) is 18.3. The van der Waals surface area contributed by atoms with E-state index in [-0.39, 0.29) is 17.2 Å². The number of anilines is 1. The van der Waals surface area contributed by atoms with Crippen LogP contribution in [0.4, 0.5) is 5.69 Å². The number of amides is 1. The van der Waals surface area contributed by atoms with Crippen LogP contribution < -0.4 is 14.8 Å². The molecule has 3 aliphatic rings. The van der Waals surface area contributed by atoms with Crippen LogP contribution in [0.15, 0.2) is 41.8 Å². The van der Waals surface area contributed by atoms with Crippen LogP contribution in [0.1, 0.15) is 60.0 Å². The van der Waals surface area contributed by atoms with Crippen molar-refractivity contribution in [1.82, 2.24) is 4.90 Å². The first-order chi connectivity index (χ1) is 17.8. The second-order valence-electron chi connectivity index (χ2n) is 10.4. The molecule has 0 unspecified atom stereocenters. The third-order valence-corrected chi connectivity index (χ3v) is 8.12. The van der Waals surface area contributed by atoms with Crippen molar-refractivity contribution >= 4 is 40.3 Å². The minimum Gasteiger partial charge on any atom is -0.504 e. The van der Waals surface area contributed by atoms with Crippen LogP contribution in [0.5, 0.6) is 17.2 Å². The molecule has 1 fully saturated rings. The SMILES string of the molecule is COc1c(O)ccc2c1-c1ccc3c(c1C(=Cc1sccc1C(=O)N1CCCC1)O2)C(C)=CC(C)(C)N3. The summed E-state index contributed by atoms with van der Waals surface area (Å²) in [6.07, 6.45) is 6.31. The van der Waals surface area contributed by atoms with Gasteiger partial charge in [-0.2, -0.15) is 0 Å². The van der Waals surface area contributed by atoms with Crippen LogP contribution in [0.2, 0.25) is 0 Å². The van der Waals surface area contributed by atoms with E-state index in [4.69, 9.17) is 9.47 Å². The number of methoxy groups -OCH3 is 1. The van der Waals surface area contributed by atoms with E-state index < -0.39 is 0 Å². The summed E-state index contributed by atoms with van der Waals surface area (Å²) in [6.45, 7) is 8.01. The highest BCUT2D eigenvalue weighted by Gasteiger charge is 2.34. The number of fused-ring (bicyclic) bond motifs is 5. The summed E-state index contributed by atoms with van der Waals surface area (Å²) in [5.41, 5.74) is 6.25. The number of phenolic OH excluding ortho intramolecular Hbond substituents is 1. The Labute approximate surface area is 220 Å². The quantitative estimate of drug-likeness (QED) is 0.399. The number of phenols is 1. The zero-order chi connectivity index (χ0) is 25.9. The molecule has 0 spiro atoms. The Hall–Kier alpha value is -3.71. The fraction of sp³-hybridized carbons (Fsp3) is 0.300. The van der Waals surface area contributed by atoms with Crippen LogP contribution in [0.3, 0.4) is 0 Å². The van der Waals surface area contributed by atoms with Crippen LogP contribution in [0, 0.1) is 0 Å². The molecule has 2 N–H and O–H groups in total. The van der Waals surface area contributed by atoms with Gasteiger partial charge < -0.3 is 24.8 Å². The molecule has 4 heterocycles. The van der Waals surface area contributed by atoms with Gasteiger partial charge in [0, 0.05) is 40.3 Å². The van der Waals surface area contributed by atoms with Gasteiger partial charge in [-0.05, 0) is 74.9 Å². The summed E-state index contributed by atoms with van der Waals surface area (Å²) >= 11 is 1.54. The molecule has 0 bridgehead atoms. The second-order valence-corrected chi connectivity index (χ2v) is 11.3. The van der Waals surface area contributed by atoms with E-state index in [9.17, 15) is 9.90 Å². The van der Waals surface area contributed by atoms with E-state index in [1.54, 1.807) is 19.2 Å². The number of thiophene rings is 1. The lowest BCUT2D eigenvalue weighted by Gasteiger charge is -2.35. The first-order valence-corrected chi connectivity index (χ1v) is 13.5. The molecule has 1 aromatic heterocycles. The zero-order valence-electron chi connectivity index (χ0n) is 21.5. The molecule has 37 heavy (non-hydrogen) atoms. The van der Waals surface area contributed by atoms with Crippen molar-refractivity contribution in [3.63, 3.8) is 0 Å². The highest BCUT2D eigenvalue weighted by Crippen LogP contribution is 2.54. The number of likely N-dealkylation sites (tertiary alicyclic amines) is 1. The molecular formula is C30H30N2O4S. The lowest BCUT2D eigenvalue weighted by Crippen LogP contribution is -2.32. The molecule has 1 saturated heterocycles. The molecular weight excluding hydrogens is 484 g/mol. The van der Waals surface area contributed by atoms with Gasteiger partial charge in [0.25, 0.3) is 5.91 Å². The molecule has 0 aliphatic carbocycles. The minimum absolute atomic E-state index is 0.0595. The summed E-state index contributed by atoms with van der Waals surface area (Å²) in [6, 6.07) is 9.39. The van der Waals surface area contributed by atoms with Gasteiger partial charge in [0.15, 0.2) is 11.5 Å². The van der Waals surface area contributed by atoms with Gasteiger partial charge in [0.05, 0.1) is 23.8 Å². The van der Waals surface area contributed by atoms with Gasteiger partial charge in [-0.1, -0.05) is 12.1 Å². The van der Waals surface area contributed by atoms with Crippen LogP contribution in [-0.2, 0) is 0 Å². The number of ether oxygens (including phenoxy) is 2. The third-order valence-electron chi connectivity index (χ3n) is 7.25. The number of carbonyl (C=O) groups is 1. The third kappa shape index (κ3) is 3.89. The highest BCUT2D eigenvalue weighted by molar-refractivity contribution is 7.11. The van der Waals surface area contributed by atoms with Crippen LogP contribution >= 0.6 is 11.3 Å². The Morgan fingerprint density at radius 3 is 2.68 bits per heavy atom. The summed E-state index contributed by atoms with van der Waals surface area (Å²) in [5.74, 6) is 1.78.